The molecule has 0 bridgehead atoms. The van der Waals surface area contributed by atoms with Crippen molar-refractivity contribution in [2.75, 3.05) is 13.7 Å². The summed E-state index contributed by atoms with van der Waals surface area (Å²) in [5.41, 5.74) is 4.07. The number of amidine groups is 1. The molecular weight excluding hydrogens is 360 g/mol. The minimum atomic E-state index is -0.157. The van der Waals surface area contributed by atoms with E-state index in [1.807, 2.05) is 56.3 Å². The molecule has 1 heterocycles. The van der Waals surface area contributed by atoms with E-state index in [-0.39, 0.29) is 5.91 Å². The summed E-state index contributed by atoms with van der Waals surface area (Å²) in [5.74, 6) is 1.16. The first-order chi connectivity index (χ1) is 13.0. The number of amides is 1. The first-order valence-electron chi connectivity index (χ1n) is 8.68. The normalized spacial score (nSPS) is 16.7. The third-order valence-electron chi connectivity index (χ3n) is 4.16. The summed E-state index contributed by atoms with van der Waals surface area (Å²) in [7, 11) is 1.60. The lowest BCUT2D eigenvalue weighted by Crippen LogP contribution is -2.19. The predicted octanol–water partition coefficient (Wildman–Crippen LogP) is 4.60. The molecule has 0 spiro atoms. The number of aryl methyl sites for hydroxylation is 2. The Morgan fingerprint density at radius 3 is 2.63 bits per heavy atom. The summed E-state index contributed by atoms with van der Waals surface area (Å²) >= 11 is 1.32. The summed E-state index contributed by atoms with van der Waals surface area (Å²) in [6, 6.07) is 11.6. The number of hydrogen-bond acceptors (Lipinski definition) is 5. The van der Waals surface area contributed by atoms with Gasteiger partial charge >= 0.3 is 0 Å². The highest BCUT2D eigenvalue weighted by Gasteiger charge is 2.24. The molecule has 0 aliphatic carbocycles. The molecule has 1 aliphatic heterocycles. The van der Waals surface area contributed by atoms with Crippen molar-refractivity contribution in [2.45, 2.75) is 20.8 Å². The van der Waals surface area contributed by atoms with E-state index in [4.69, 9.17) is 9.47 Å². The van der Waals surface area contributed by atoms with E-state index in [0.717, 1.165) is 11.3 Å². The van der Waals surface area contributed by atoms with E-state index in [0.29, 0.717) is 28.2 Å². The number of nitrogens with one attached hydrogen (secondary N) is 1. The highest BCUT2D eigenvalue weighted by Crippen LogP contribution is 2.32. The molecule has 2 aromatic carbocycles. The maximum absolute atomic E-state index is 12.3. The monoisotopic (exact) mass is 382 g/mol. The lowest BCUT2D eigenvalue weighted by Gasteiger charge is -2.09. The number of ether oxygens (including phenoxy) is 2. The van der Waals surface area contributed by atoms with Crippen LogP contribution in [0.5, 0.6) is 11.5 Å². The van der Waals surface area contributed by atoms with Crippen molar-refractivity contribution in [3.8, 4) is 11.5 Å². The fraction of sp³-hybridized carbons (Fsp3) is 0.238. The van der Waals surface area contributed by atoms with Gasteiger partial charge in [0, 0.05) is 0 Å². The fourth-order valence-corrected chi connectivity index (χ4v) is 3.43. The van der Waals surface area contributed by atoms with E-state index in [9.17, 15) is 4.79 Å². The number of hydrogen-bond donors (Lipinski definition) is 1. The van der Waals surface area contributed by atoms with Gasteiger partial charge < -0.3 is 14.8 Å². The lowest BCUT2D eigenvalue weighted by atomic mass is 10.1. The zero-order valence-corrected chi connectivity index (χ0v) is 16.6. The number of benzene rings is 2. The Bertz CT molecular complexity index is 935. The van der Waals surface area contributed by atoms with Gasteiger partial charge in [-0.1, -0.05) is 12.1 Å². The third kappa shape index (κ3) is 4.52. The first-order valence-corrected chi connectivity index (χ1v) is 9.49. The maximum atomic E-state index is 12.3. The molecule has 5 nitrogen and oxygen atoms in total. The molecule has 0 unspecified atom stereocenters. The maximum Gasteiger partial charge on any atom is 0.264 e. The van der Waals surface area contributed by atoms with E-state index in [1.165, 1.54) is 22.9 Å². The molecule has 1 N–H and O–H groups in total. The van der Waals surface area contributed by atoms with Crippen molar-refractivity contribution in [2.24, 2.45) is 4.99 Å². The number of carbonyl (C=O) groups is 1. The number of nitrogens with zero attached hydrogens (tertiary/aromatic N) is 1. The molecule has 27 heavy (non-hydrogen) atoms. The zero-order chi connectivity index (χ0) is 19.4. The Balaban J connectivity index is 1.82. The quantitative estimate of drug-likeness (QED) is 0.768. The molecule has 2 aromatic rings. The van der Waals surface area contributed by atoms with Crippen molar-refractivity contribution in [3.63, 3.8) is 0 Å². The van der Waals surface area contributed by atoms with Crippen LogP contribution in [0.15, 0.2) is 46.3 Å². The summed E-state index contributed by atoms with van der Waals surface area (Å²) < 4.78 is 10.9. The smallest absolute Gasteiger partial charge is 0.264 e. The van der Waals surface area contributed by atoms with Gasteiger partial charge in [0.15, 0.2) is 16.7 Å². The van der Waals surface area contributed by atoms with E-state index < -0.39 is 0 Å². The van der Waals surface area contributed by atoms with Crippen molar-refractivity contribution >= 4 is 34.6 Å². The van der Waals surface area contributed by atoms with Crippen LogP contribution in [0.3, 0.4) is 0 Å². The number of rotatable bonds is 5. The molecule has 0 atom stereocenters. The van der Waals surface area contributed by atoms with Gasteiger partial charge in [0.2, 0.25) is 0 Å². The SMILES string of the molecule is CCOc1ccc(C=C2SC(=Nc3ccc(C)c(C)c3)NC2=O)cc1OC. The summed E-state index contributed by atoms with van der Waals surface area (Å²) in [6.07, 6.45) is 1.82. The second kappa shape index (κ2) is 8.31. The Kier molecular flexibility index (Phi) is 5.86. The fourth-order valence-electron chi connectivity index (χ4n) is 2.59. The van der Waals surface area contributed by atoms with Crippen molar-refractivity contribution < 1.29 is 14.3 Å². The second-order valence-corrected chi connectivity index (χ2v) is 7.12. The van der Waals surface area contributed by atoms with E-state index in [2.05, 4.69) is 17.2 Å². The van der Waals surface area contributed by atoms with Crippen LogP contribution >= 0.6 is 11.8 Å². The number of aliphatic imine (C=N–C) groups is 1. The Hall–Kier alpha value is -2.73. The van der Waals surface area contributed by atoms with Crippen LogP contribution in [0.4, 0.5) is 5.69 Å². The topological polar surface area (TPSA) is 59.9 Å². The molecule has 1 fully saturated rings. The second-order valence-electron chi connectivity index (χ2n) is 6.09. The van der Waals surface area contributed by atoms with E-state index >= 15 is 0 Å². The van der Waals surface area contributed by atoms with Crippen LogP contribution in [-0.4, -0.2) is 24.8 Å². The van der Waals surface area contributed by atoms with E-state index in [1.54, 1.807) is 7.11 Å². The van der Waals surface area contributed by atoms with Gasteiger partial charge in [0.1, 0.15) is 0 Å². The van der Waals surface area contributed by atoms with Crippen LogP contribution in [0.25, 0.3) is 6.08 Å². The largest absolute Gasteiger partial charge is 0.493 e. The minimum absolute atomic E-state index is 0.157. The molecule has 3 rings (SSSR count). The summed E-state index contributed by atoms with van der Waals surface area (Å²) in [4.78, 5) is 17.4. The average molecular weight is 382 g/mol. The highest BCUT2D eigenvalue weighted by molar-refractivity contribution is 8.18. The zero-order valence-electron chi connectivity index (χ0n) is 15.8. The standard InChI is InChI=1S/C21H22N2O3S/c1-5-26-17-9-7-15(11-18(17)25-4)12-19-20(24)23-21(27-19)22-16-8-6-13(2)14(3)10-16/h6-12H,5H2,1-4H3,(H,22,23,24). The van der Waals surface area contributed by atoms with Crippen LogP contribution in [0.1, 0.15) is 23.6 Å². The average Bonchev–Trinajstić information content (AvgIpc) is 2.98. The van der Waals surface area contributed by atoms with Crippen molar-refractivity contribution in [1.29, 1.82) is 0 Å². The molecule has 1 saturated heterocycles. The van der Waals surface area contributed by atoms with Gasteiger partial charge in [0.25, 0.3) is 5.91 Å². The van der Waals surface area contributed by atoms with Gasteiger partial charge in [-0.25, -0.2) is 4.99 Å². The Morgan fingerprint density at radius 2 is 1.93 bits per heavy atom. The molecule has 140 valence electrons. The number of carbonyl (C=O) groups excluding carboxylic acids is 1. The van der Waals surface area contributed by atoms with Crippen LogP contribution in [0, 0.1) is 13.8 Å². The summed E-state index contributed by atoms with van der Waals surface area (Å²) in [5, 5.41) is 3.39. The van der Waals surface area contributed by atoms with Gasteiger partial charge in [-0.05, 0) is 79.6 Å². The molecule has 6 heteroatoms. The van der Waals surface area contributed by atoms with Gasteiger partial charge in [-0.2, -0.15) is 0 Å². The lowest BCUT2D eigenvalue weighted by molar-refractivity contribution is -0.115. The Morgan fingerprint density at radius 1 is 1.11 bits per heavy atom. The third-order valence-corrected chi connectivity index (χ3v) is 5.07. The van der Waals surface area contributed by atoms with Crippen molar-refractivity contribution in [1.82, 2.24) is 5.32 Å². The highest BCUT2D eigenvalue weighted by atomic mass is 32.2. The first kappa shape index (κ1) is 19.0. The van der Waals surface area contributed by atoms with Gasteiger partial charge in [0.05, 0.1) is 24.3 Å². The number of thioether (sulfide) groups is 1. The molecular formula is C21H22N2O3S. The molecule has 0 saturated carbocycles. The predicted molar refractivity (Wildman–Crippen MR) is 111 cm³/mol. The molecule has 0 aromatic heterocycles. The minimum Gasteiger partial charge on any atom is -0.493 e. The number of methoxy groups -OCH3 is 1. The molecule has 1 aliphatic rings. The molecule has 1 amide bonds. The van der Waals surface area contributed by atoms with Crippen LogP contribution < -0.4 is 14.8 Å². The Labute approximate surface area is 163 Å². The van der Waals surface area contributed by atoms with Crippen molar-refractivity contribution in [3.05, 3.63) is 58.0 Å². The van der Waals surface area contributed by atoms with Crippen LogP contribution in [0.2, 0.25) is 0 Å². The molecule has 0 radical (unpaired) electrons. The van der Waals surface area contributed by atoms with Gasteiger partial charge in [-0.15, -0.1) is 0 Å². The van der Waals surface area contributed by atoms with Gasteiger partial charge in [-0.3, -0.25) is 4.79 Å². The van der Waals surface area contributed by atoms with Crippen LogP contribution in [-0.2, 0) is 4.79 Å². The summed E-state index contributed by atoms with van der Waals surface area (Å²) in [6.45, 7) is 6.59.